The number of carbonyl (C=O) groups is 2. The molecule has 47 heavy (non-hydrogen) atoms. The van der Waals surface area contributed by atoms with E-state index in [1.807, 2.05) is 31.2 Å². The van der Waals surface area contributed by atoms with Crippen LogP contribution in [0.2, 0.25) is 0 Å². The van der Waals surface area contributed by atoms with Crippen molar-refractivity contribution in [2.75, 3.05) is 25.5 Å². The molecule has 0 aromatic heterocycles. The number of ketones is 1. The molecule has 0 spiro atoms. The molecule has 7 nitrogen and oxygen atoms in total. The Kier molecular flexibility index (Phi) is 11.5. The van der Waals surface area contributed by atoms with Crippen LogP contribution in [0.3, 0.4) is 0 Å². The van der Waals surface area contributed by atoms with Gasteiger partial charge in [-0.3, -0.25) is 4.79 Å². The van der Waals surface area contributed by atoms with Gasteiger partial charge in [-0.2, -0.15) is 0 Å². The van der Waals surface area contributed by atoms with E-state index in [-0.39, 0.29) is 30.2 Å². The number of nitrogens with zero attached hydrogens (tertiary/aromatic N) is 1. The molecule has 7 heteroatoms. The number of aliphatic hydroxyl groups excluding tert-OH is 1. The van der Waals surface area contributed by atoms with Crippen molar-refractivity contribution in [3.8, 4) is 5.75 Å². The molecule has 4 aliphatic carbocycles. The molecule has 2 saturated carbocycles. The number of Topliss-reactive ketones (excluding diaryl/α,β-unsaturated/α-hetero) is 1. The van der Waals surface area contributed by atoms with Gasteiger partial charge in [0.05, 0.1) is 25.4 Å². The van der Waals surface area contributed by atoms with Gasteiger partial charge in [0.25, 0.3) is 0 Å². The number of ether oxygens (including phenoxy) is 1. The fourth-order valence-electron chi connectivity index (χ4n) is 8.51. The number of allylic oxidation sites excluding steroid dienone is 2. The van der Waals surface area contributed by atoms with Crippen LogP contribution in [0.4, 0.5) is 10.5 Å². The molecule has 0 radical (unpaired) electrons. The first-order chi connectivity index (χ1) is 22.6. The molecule has 0 saturated heterocycles. The highest BCUT2D eigenvalue weighted by molar-refractivity contribution is 5.99. The average molecular weight is 645 g/mol. The van der Waals surface area contributed by atoms with Crippen LogP contribution in [-0.2, 0) is 6.42 Å². The number of nitrogens with one attached hydrogen (secondary N) is 1. The lowest BCUT2D eigenvalue weighted by Crippen LogP contribution is -2.54. The maximum absolute atomic E-state index is 14.3. The molecule has 2 aromatic carbocycles. The van der Waals surface area contributed by atoms with Crippen molar-refractivity contribution in [3.05, 3.63) is 70.8 Å². The third-order valence-electron chi connectivity index (χ3n) is 11.5. The number of rotatable bonds is 8. The largest absolute Gasteiger partial charge is 0.497 e. The molecule has 256 valence electrons. The van der Waals surface area contributed by atoms with Gasteiger partial charge in [-0.05, 0) is 119 Å². The number of urea groups is 1. The normalized spacial score (nSPS) is 27.0. The second kappa shape index (κ2) is 15.4. The molecule has 4 aliphatic rings. The Morgan fingerprint density at radius 2 is 1.77 bits per heavy atom. The maximum atomic E-state index is 14.3. The zero-order chi connectivity index (χ0) is 33.6. The molecule has 0 aliphatic heterocycles. The summed E-state index contributed by atoms with van der Waals surface area (Å²) in [6.45, 7) is 7.10. The van der Waals surface area contributed by atoms with Gasteiger partial charge in [0.2, 0.25) is 0 Å². The highest BCUT2D eigenvalue weighted by Crippen LogP contribution is 2.59. The van der Waals surface area contributed by atoms with Gasteiger partial charge < -0.3 is 25.2 Å². The van der Waals surface area contributed by atoms with Crippen molar-refractivity contribution in [1.29, 1.82) is 0 Å². The van der Waals surface area contributed by atoms with Crippen LogP contribution in [0, 0.1) is 11.3 Å². The zero-order valence-electron chi connectivity index (χ0n) is 29.0. The summed E-state index contributed by atoms with van der Waals surface area (Å²) in [5.74, 6) is 0.929. The molecule has 0 heterocycles. The molecule has 2 amide bonds. The van der Waals surface area contributed by atoms with Crippen molar-refractivity contribution >= 4 is 17.5 Å². The number of hydrogen-bond acceptors (Lipinski definition) is 5. The summed E-state index contributed by atoms with van der Waals surface area (Å²) in [6, 6.07) is 13.3. The standard InChI is InChI=1S/C40H56N2O5/c1-5-24-42(38(45)41-31-15-18-33(47-4)19-16-31)27-40(46)23-21-36-34-20-14-29(26-35(34)37(44)30-11-7-6-8-12-30)25-32(43)17-13-28(2)10-9-22-39(36,40)3/h10,14-16,18-20,26,30,32,36,43,46H,5-9,11-13,17,21-25,27H2,1-4H3,(H,41,45). The van der Waals surface area contributed by atoms with Gasteiger partial charge in [-0.1, -0.05) is 56.9 Å². The van der Waals surface area contributed by atoms with Gasteiger partial charge in [-0.15, -0.1) is 0 Å². The second-order valence-electron chi connectivity index (χ2n) is 14.7. The van der Waals surface area contributed by atoms with E-state index < -0.39 is 17.1 Å². The van der Waals surface area contributed by atoms with Crippen LogP contribution in [0.15, 0.2) is 54.1 Å². The van der Waals surface area contributed by atoms with E-state index in [2.05, 4.69) is 43.4 Å². The minimum Gasteiger partial charge on any atom is -0.497 e. The number of aliphatic hydroxyl groups is 2. The summed E-state index contributed by atoms with van der Waals surface area (Å²) < 4.78 is 5.27. The van der Waals surface area contributed by atoms with Crippen molar-refractivity contribution < 1.29 is 24.5 Å². The smallest absolute Gasteiger partial charge is 0.321 e. The van der Waals surface area contributed by atoms with Crippen molar-refractivity contribution in [1.82, 2.24) is 4.90 Å². The van der Waals surface area contributed by atoms with Crippen LogP contribution in [0.25, 0.3) is 0 Å². The van der Waals surface area contributed by atoms with Crippen LogP contribution in [0.1, 0.15) is 125 Å². The SMILES string of the molecule is CCCN(CC1(O)CCC2c3ccc(cc3C(=O)C3CCCCC3)CC(O)CCC(C)=CCCC21C)C(=O)Nc1ccc(OC)cc1. The van der Waals surface area contributed by atoms with E-state index in [4.69, 9.17) is 4.74 Å². The quantitative estimate of drug-likeness (QED) is 0.198. The molecule has 6 rings (SSSR count). The molecule has 2 fully saturated rings. The molecule has 2 aromatic rings. The van der Waals surface area contributed by atoms with Crippen LogP contribution in [0.5, 0.6) is 5.75 Å². The highest BCUT2D eigenvalue weighted by atomic mass is 16.5. The Morgan fingerprint density at radius 3 is 2.47 bits per heavy atom. The van der Waals surface area contributed by atoms with E-state index >= 15 is 0 Å². The monoisotopic (exact) mass is 644 g/mol. The average Bonchev–Trinajstić information content (AvgIpc) is 3.32. The molecular weight excluding hydrogens is 588 g/mol. The van der Waals surface area contributed by atoms with E-state index in [1.165, 1.54) is 12.0 Å². The lowest BCUT2D eigenvalue weighted by atomic mass is 9.64. The van der Waals surface area contributed by atoms with Crippen LogP contribution < -0.4 is 10.1 Å². The third kappa shape index (κ3) is 7.94. The molecule has 3 N–H and O–H groups in total. The minimum absolute atomic E-state index is 0.0281. The summed E-state index contributed by atoms with van der Waals surface area (Å²) in [5.41, 5.74) is 3.00. The summed E-state index contributed by atoms with van der Waals surface area (Å²) >= 11 is 0. The van der Waals surface area contributed by atoms with Crippen LogP contribution >= 0.6 is 0 Å². The number of fused-ring (bicyclic) bond motifs is 8. The Balaban J connectivity index is 1.51. The summed E-state index contributed by atoms with van der Waals surface area (Å²) in [5, 5.41) is 26.7. The van der Waals surface area contributed by atoms with E-state index in [1.54, 1.807) is 12.0 Å². The minimum atomic E-state index is -1.15. The number of amides is 2. The number of anilines is 1. The third-order valence-corrected chi connectivity index (χ3v) is 11.5. The summed E-state index contributed by atoms with van der Waals surface area (Å²) in [6.07, 6.45) is 12.6. The fraction of sp³-hybridized carbons (Fsp3) is 0.600. The van der Waals surface area contributed by atoms with E-state index in [9.17, 15) is 19.8 Å². The van der Waals surface area contributed by atoms with Gasteiger partial charge in [0.15, 0.2) is 5.78 Å². The Hall–Kier alpha value is -3.16. The van der Waals surface area contributed by atoms with Gasteiger partial charge in [0.1, 0.15) is 5.75 Å². The molecule has 2 bridgehead atoms. The number of methoxy groups -OCH3 is 1. The van der Waals surface area contributed by atoms with Gasteiger partial charge in [0, 0.05) is 29.1 Å². The number of carbonyl (C=O) groups excluding carboxylic acids is 2. The number of benzene rings is 2. The van der Waals surface area contributed by atoms with Gasteiger partial charge in [-0.25, -0.2) is 4.79 Å². The number of hydrogen-bond donors (Lipinski definition) is 3. The highest BCUT2D eigenvalue weighted by Gasteiger charge is 2.57. The van der Waals surface area contributed by atoms with Crippen molar-refractivity contribution in [2.45, 2.75) is 122 Å². The zero-order valence-corrected chi connectivity index (χ0v) is 29.0. The first kappa shape index (κ1) is 35.2. The lowest BCUT2D eigenvalue weighted by molar-refractivity contribution is -0.0763. The van der Waals surface area contributed by atoms with Crippen molar-refractivity contribution in [2.24, 2.45) is 11.3 Å². The molecule has 4 unspecified atom stereocenters. The first-order valence-electron chi connectivity index (χ1n) is 18.0. The first-order valence-corrected chi connectivity index (χ1v) is 18.0. The molecular formula is C40H56N2O5. The Labute approximate surface area is 281 Å². The predicted octanol–water partition coefficient (Wildman–Crippen LogP) is 8.44. The Bertz CT molecular complexity index is 1410. The van der Waals surface area contributed by atoms with E-state index in [0.29, 0.717) is 31.5 Å². The predicted molar refractivity (Wildman–Crippen MR) is 188 cm³/mol. The summed E-state index contributed by atoms with van der Waals surface area (Å²) in [7, 11) is 1.61. The summed E-state index contributed by atoms with van der Waals surface area (Å²) in [4.78, 5) is 29.8. The fourth-order valence-corrected chi connectivity index (χ4v) is 8.51. The Morgan fingerprint density at radius 1 is 1.02 bits per heavy atom. The van der Waals surface area contributed by atoms with Gasteiger partial charge >= 0.3 is 6.03 Å². The van der Waals surface area contributed by atoms with Crippen LogP contribution in [-0.4, -0.2) is 58.8 Å². The topological polar surface area (TPSA) is 99.1 Å². The van der Waals surface area contributed by atoms with E-state index in [0.717, 1.165) is 80.2 Å². The maximum Gasteiger partial charge on any atom is 0.321 e. The van der Waals surface area contributed by atoms with Crippen molar-refractivity contribution in [3.63, 3.8) is 0 Å². The second-order valence-corrected chi connectivity index (χ2v) is 14.7. The lowest BCUT2D eigenvalue weighted by Gasteiger charge is -2.46. The molecule has 4 atom stereocenters.